The van der Waals surface area contributed by atoms with Crippen molar-refractivity contribution in [1.82, 2.24) is 4.98 Å². The van der Waals surface area contributed by atoms with E-state index in [1.54, 1.807) is 0 Å². The molecule has 2 aromatic rings. The second-order valence-corrected chi connectivity index (χ2v) is 4.84. The van der Waals surface area contributed by atoms with Crippen LogP contribution in [0.3, 0.4) is 0 Å². The maximum Gasteiger partial charge on any atom is 0.134 e. The van der Waals surface area contributed by atoms with E-state index in [1.807, 2.05) is 24.4 Å². The molecule has 1 unspecified atom stereocenters. The second-order valence-electron chi connectivity index (χ2n) is 4.53. The number of halogens is 1. The summed E-state index contributed by atoms with van der Waals surface area (Å²) in [4.78, 5) is 4.41. The Bertz CT molecular complexity index is 491. The van der Waals surface area contributed by atoms with Crippen molar-refractivity contribution in [2.45, 2.75) is 19.9 Å². The van der Waals surface area contributed by atoms with Crippen LogP contribution in [0.5, 0.6) is 0 Å². The first kappa shape index (κ1) is 12.2. The zero-order chi connectivity index (χ0) is 12.3. The molecule has 3 heteroatoms. The minimum atomic E-state index is 0.245. The highest BCUT2D eigenvalue weighted by Crippen LogP contribution is 2.22. The number of benzene rings is 1. The lowest BCUT2D eigenvalue weighted by Crippen LogP contribution is -2.27. The van der Waals surface area contributed by atoms with E-state index in [9.17, 15) is 0 Å². The fourth-order valence-electron chi connectivity index (χ4n) is 1.79. The highest BCUT2D eigenvalue weighted by molar-refractivity contribution is 6.18. The van der Waals surface area contributed by atoms with E-state index in [4.69, 9.17) is 11.6 Å². The molecule has 0 spiro atoms. The summed E-state index contributed by atoms with van der Waals surface area (Å²) in [5.74, 6) is 1.98. The molecule has 2 rings (SSSR count). The Morgan fingerprint density at radius 3 is 2.71 bits per heavy atom. The molecule has 0 amide bonds. The fourth-order valence-corrected chi connectivity index (χ4v) is 2.23. The monoisotopic (exact) mass is 248 g/mol. The van der Waals surface area contributed by atoms with E-state index in [2.05, 4.69) is 36.3 Å². The average molecular weight is 249 g/mol. The number of aromatic nitrogens is 1. The predicted molar refractivity (Wildman–Crippen MR) is 74.7 cm³/mol. The van der Waals surface area contributed by atoms with E-state index in [0.29, 0.717) is 11.8 Å². The van der Waals surface area contributed by atoms with Crippen molar-refractivity contribution >= 4 is 28.2 Å². The first-order chi connectivity index (χ1) is 8.22. The van der Waals surface area contributed by atoms with Gasteiger partial charge in [0.2, 0.25) is 0 Å². The van der Waals surface area contributed by atoms with Crippen LogP contribution in [-0.4, -0.2) is 16.9 Å². The van der Waals surface area contributed by atoms with Crippen LogP contribution in [0.15, 0.2) is 36.5 Å². The summed E-state index contributed by atoms with van der Waals surface area (Å²) >= 11 is 5.97. The minimum absolute atomic E-state index is 0.245. The molecule has 1 aromatic heterocycles. The number of hydrogen-bond donors (Lipinski definition) is 1. The van der Waals surface area contributed by atoms with Gasteiger partial charge in [0.15, 0.2) is 0 Å². The van der Waals surface area contributed by atoms with Gasteiger partial charge in [0.05, 0.1) is 0 Å². The molecule has 17 heavy (non-hydrogen) atoms. The highest BCUT2D eigenvalue weighted by atomic mass is 35.5. The Morgan fingerprint density at radius 1 is 1.24 bits per heavy atom. The van der Waals surface area contributed by atoms with Crippen LogP contribution >= 0.6 is 11.6 Å². The molecule has 0 aliphatic heterocycles. The molecule has 1 heterocycles. The van der Waals surface area contributed by atoms with Crippen LogP contribution in [-0.2, 0) is 0 Å². The summed E-state index contributed by atoms with van der Waals surface area (Å²) in [7, 11) is 0. The molecule has 0 aliphatic rings. The van der Waals surface area contributed by atoms with Gasteiger partial charge >= 0.3 is 0 Å². The van der Waals surface area contributed by atoms with Crippen molar-refractivity contribution in [2.24, 2.45) is 5.92 Å². The van der Waals surface area contributed by atoms with E-state index in [-0.39, 0.29) is 6.04 Å². The van der Waals surface area contributed by atoms with Crippen molar-refractivity contribution in [1.29, 1.82) is 0 Å². The maximum absolute atomic E-state index is 5.97. The van der Waals surface area contributed by atoms with Crippen LogP contribution < -0.4 is 5.32 Å². The van der Waals surface area contributed by atoms with Crippen molar-refractivity contribution in [3.05, 3.63) is 36.5 Å². The molecule has 0 saturated carbocycles. The molecular weight excluding hydrogens is 232 g/mol. The van der Waals surface area contributed by atoms with Crippen molar-refractivity contribution in [3.63, 3.8) is 0 Å². The summed E-state index contributed by atoms with van der Waals surface area (Å²) in [6, 6.07) is 10.5. The van der Waals surface area contributed by atoms with Crippen LogP contribution in [0.25, 0.3) is 10.8 Å². The van der Waals surface area contributed by atoms with Gasteiger partial charge in [-0.15, -0.1) is 11.6 Å². The van der Waals surface area contributed by atoms with Gasteiger partial charge in [-0.3, -0.25) is 0 Å². The van der Waals surface area contributed by atoms with Gasteiger partial charge in [-0.25, -0.2) is 4.98 Å². The highest BCUT2D eigenvalue weighted by Gasteiger charge is 2.13. The average Bonchev–Trinajstić information content (AvgIpc) is 2.35. The topological polar surface area (TPSA) is 24.9 Å². The molecule has 2 nitrogen and oxygen atoms in total. The molecule has 0 aliphatic carbocycles. The molecule has 1 aromatic carbocycles. The molecule has 0 radical (unpaired) electrons. The number of fused-ring (bicyclic) bond motifs is 1. The number of alkyl halides is 1. The first-order valence-corrected chi connectivity index (χ1v) is 6.42. The third kappa shape index (κ3) is 2.70. The summed E-state index contributed by atoms with van der Waals surface area (Å²) < 4.78 is 0. The maximum atomic E-state index is 5.97. The van der Waals surface area contributed by atoms with Crippen molar-refractivity contribution in [2.75, 3.05) is 11.2 Å². The SMILES string of the molecule is CC(C)C(CCl)Nc1nccc2ccccc12. The Labute approximate surface area is 107 Å². The van der Waals surface area contributed by atoms with Crippen molar-refractivity contribution in [3.8, 4) is 0 Å². The van der Waals surface area contributed by atoms with Gasteiger partial charge in [-0.1, -0.05) is 38.1 Å². The lowest BCUT2D eigenvalue weighted by atomic mass is 10.1. The Hall–Kier alpha value is -1.28. The van der Waals surface area contributed by atoms with Gasteiger partial charge in [0.25, 0.3) is 0 Å². The number of anilines is 1. The molecule has 90 valence electrons. The third-order valence-corrected chi connectivity index (χ3v) is 3.30. The van der Waals surface area contributed by atoms with Crippen LogP contribution in [0.1, 0.15) is 13.8 Å². The number of rotatable bonds is 4. The summed E-state index contributed by atoms with van der Waals surface area (Å²) in [5, 5.41) is 5.77. The second kappa shape index (κ2) is 5.37. The van der Waals surface area contributed by atoms with E-state index >= 15 is 0 Å². The summed E-state index contributed by atoms with van der Waals surface area (Å²) in [5.41, 5.74) is 0. The quantitative estimate of drug-likeness (QED) is 0.830. The predicted octanol–water partition coefficient (Wildman–Crippen LogP) is 3.91. The summed E-state index contributed by atoms with van der Waals surface area (Å²) in [6.07, 6.45) is 1.83. The van der Waals surface area contributed by atoms with Crippen LogP contribution in [0.2, 0.25) is 0 Å². The van der Waals surface area contributed by atoms with Gasteiger partial charge in [-0.05, 0) is 17.4 Å². The van der Waals surface area contributed by atoms with E-state index in [0.717, 1.165) is 11.2 Å². The smallest absolute Gasteiger partial charge is 0.134 e. The number of nitrogens with zero attached hydrogens (tertiary/aromatic N) is 1. The van der Waals surface area contributed by atoms with Gasteiger partial charge < -0.3 is 5.32 Å². The lowest BCUT2D eigenvalue weighted by molar-refractivity contribution is 0.563. The third-order valence-electron chi connectivity index (χ3n) is 2.97. The standard InChI is InChI=1S/C14H17ClN2/c1-10(2)13(9-15)17-14-12-6-4-3-5-11(12)7-8-16-14/h3-8,10,13H,9H2,1-2H3,(H,16,17). The van der Waals surface area contributed by atoms with E-state index < -0.39 is 0 Å². The minimum Gasteiger partial charge on any atom is -0.365 e. The van der Waals surface area contributed by atoms with E-state index in [1.165, 1.54) is 5.39 Å². The number of nitrogens with one attached hydrogen (secondary N) is 1. The first-order valence-electron chi connectivity index (χ1n) is 5.88. The largest absolute Gasteiger partial charge is 0.365 e. The van der Waals surface area contributed by atoms with Gasteiger partial charge in [0, 0.05) is 23.5 Å². The zero-order valence-corrected chi connectivity index (χ0v) is 10.9. The van der Waals surface area contributed by atoms with Gasteiger partial charge in [0.1, 0.15) is 5.82 Å². The Morgan fingerprint density at radius 2 is 2.00 bits per heavy atom. The lowest BCUT2D eigenvalue weighted by Gasteiger charge is -2.21. The molecule has 1 atom stereocenters. The van der Waals surface area contributed by atoms with Crippen LogP contribution in [0, 0.1) is 5.92 Å². The molecule has 0 fully saturated rings. The van der Waals surface area contributed by atoms with Crippen molar-refractivity contribution < 1.29 is 0 Å². The molecule has 0 saturated heterocycles. The summed E-state index contributed by atoms with van der Waals surface area (Å²) in [6.45, 7) is 4.32. The molecular formula is C14H17ClN2. The normalized spacial score (nSPS) is 12.9. The van der Waals surface area contributed by atoms with Crippen LogP contribution in [0.4, 0.5) is 5.82 Å². The number of pyridine rings is 1. The molecule has 0 bridgehead atoms. The Balaban J connectivity index is 2.35. The fraction of sp³-hybridized carbons (Fsp3) is 0.357. The number of hydrogen-bond acceptors (Lipinski definition) is 2. The van der Waals surface area contributed by atoms with Gasteiger partial charge in [-0.2, -0.15) is 0 Å². The molecule has 1 N–H and O–H groups in total. The Kier molecular flexibility index (Phi) is 3.85. The zero-order valence-electron chi connectivity index (χ0n) is 10.2.